The van der Waals surface area contributed by atoms with Gasteiger partial charge >= 0.3 is 6.03 Å². The SMILES string of the molecule is Cc1ocnc1S(=O)(=O)C1C(C)C1c1cc(N2CCOC[C@@H]2C)nc(-c2ccc(NC(=O)NCC3(O)CC3)cc2)n1. The van der Waals surface area contributed by atoms with Crippen molar-refractivity contribution in [2.75, 3.05) is 36.5 Å². The van der Waals surface area contributed by atoms with E-state index in [2.05, 4.69) is 27.4 Å². The van der Waals surface area contributed by atoms with Crippen LogP contribution in [-0.4, -0.2) is 77.7 Å². The van der Waals surface area contributed by atoms with Crippen molar-refractivity contribution >= 4 is 27.4 Å². The van der Waals surface area contributed by atoms with Gasteiger partial charge in [0, 0.05) is 36.3 Å². The summed E-state index contributed by atoms with van der Waals surface area (Å²) in [5.74, 6) is 0.982. The van der Waals surface area contributed by atoms with Crippen LogP contribution >= 0.6 is 0 Å². The van der Waals surface area contributed by atoms with Crippen LogP contribution in [0.2, 0.25) is 0 Å². The molecule has 2 saturated carbocycles. The normalized spacial score (nSPS) is 25.0. The maximum atomic E-state index is 13.4. The van der Waals surface area contributed by atoms with Gasteiger partial charge in [-0.05, 0) is 56.9 Å². The first kappa shape index (κ1) is 27.6. The van der Waals surface area contributed by atoms with E-state index in [1.807, 2.05) is 25.1 Å². The molecule has 0 bridgehead atoms. The molecular weight excluding hydrogens is 548 g/mol. The number of carbonyl (C=O) groups excluding carboxylic acids is 1. The smallest absolute Gasteiger partial charge is 0.319 e. The number of hydrogen-bond acceptors (Lipinski definition) is 10. The van der Waals surface area contributed by atoms with Gasteiger partial charge in [-0.25, -0.2) is 28.2 Å². The van der Waals surface area contributed by atoms with Crippen LogP contribution in [0, 0.1) is 12.8 Å². The molecule has 41 heavy (non-hydrogen) atoms. The number of nitrogens with one attached hydrogen (secondary N) is 2. The van der Waals surface area contributed by atoms with Crippen LogP contribution in [0.1, 0.15) is 44.1 Å². The standard InChI is InChI=1S/C28H34N6O6S/c1-16-13-39-11-10-34(16)22-12-21(23-17(2)24(23)41(37,38)26-18(3)40-15-30-26)32-25(33-22)19-4-6-20(7-5-19)31-27(35)29-14-28(36)8-9-28/h4-7,12,15-17,23-24,36H,8-11,13-14H2,1-3H3,(H2,29,31,35)/t16-,17?,23?,24?/m0/s1. The second kappa shape index (κ2) is 10.4. The fourth-order valence-corrected chi connectivity index (χ4v) is 7.76. The molecule has 3 N–H and O–H groups in total. The van der Waals surface area contributed by atoms with Crippen molar-refractivity contribution in [2.45, 2.75) is 61.4 Å². The summed E-state index contributed by atoms with van der Waals surface area (Å²) in [6.45, 7) is 7.58. The van der Waals surface area contributed by atoms with Crippen LogP contribution in [0.5, 0.6) is 0 Å². The van der Waals surface area contributed by atoms with Gasteiger partial charge in [0.2, 0.25) is 9.84 Å². The summed E-state index contributed by atoms with van der Waals surface area (Å²) in [7, 11) is -3.71. The Balaban J connectivity index is 1.28. The molecule has 1 aliphatic heterocycles. The van der Waals surface area contributed by atoms with E-state index in [-0.39, 0.29) is 35.2 Å². The number of amides is 2. The number of anilines is 2. The van der Waals surface area contributed by atoms with Gasteiger partial charge in [-0.15, -0.1) is 0 Å². The Morgan fingerprint density at radius 1 is 1.20 bits per heavy atom. The van der Waals surface area contributed by atoms with Gasteiger partial charge in [0.15, 0.2) is 17.2 Å². The van der Waals surface area contributed by atoms with Gasteiger partial charge in [0.05, 0.1) is 35.8 Å². The monoisotopic (exact) mass is 582 g/mol. The molecule has 2 amide bonds. The van der Waals surface area contributed by atoms with E-state index < -0.39 is 26.7 Å². The van der Waals surface area contributed by atoms with Crippen molar-refractivity contribution in [1.82, 2.24) is 20.3 Å². The zero-order chi connectivity index (χ0) is 28.9. The van der Waals surface area contributed by atoms with Crippen molar-refractivity contribution in [2.24, 2.45) is 5.92 Å². The van der Waals surface area contributed by atoms with Crippen LogP contribution in [-0.2, 0) is 14.6 Å². The Hall–Kier alpha value is -3.55. The minimum atomic E-state index is -3.71. The zero-order valence-electron chi connectivity index (χ0n) is 23.2. The first-order valence-electron chi connectivity index (χ1n) is 13.8. The summed E-state index contributed by atoms with van der Waals surface area (Å²) < 4.78 is 37.7. The first-order valence-corrected chi connectivity index (χ1v) is 15.4. The van der Waals surface area contributed by atoms with Gasteiger partial charge in [-0.2, -0.15) is 0 Å². The summed E-state index contributed by atoms with van der Waals surface area (Å²) in [4.78, 5) is 28.1. The van der Waals surface area contributed by atoms with Gasteiger partial charge in [0.25, 0.3) is 0 Å². The molecule has 6 rings (SSSR count). The highest BCUT2D eigenvalue weighted by molar-refractivity contribution is 7.92. The van der Waals surface area contributed by atoms with Crippen LogP contribution in [0.4, 0.5) is 16.3 Å². The molecule has 4 atom stereocenters. The average molecular weight is 583 g/mol. The van der Waals surface area contributed by atoms with E-state index in [9.17, 15) is 18.3 Å². The number of ether oxygens (including phenoxy) is 1. The third kappa shape index (κ3) is 5.53. The third-order valence-electron chi connectivity index (χ3n) is 8.17. The van der Waals surface area contributed by atoms with Crippen molar-refractivity contribution in [3.05, 3.63) is 48.2 Å². The topological polar surface area (TPSA) is 160 Å². The van der Waals surface area contributed by atoms with Crippen LogP contribution in [0.15, 0.2) is 46.2 Å². The molecule has 1 aromatic carbocycles. The quantitative estimate of drug-likeness (QED) is 0.360. The minimum Gasteiger partial charge on any atom is -0.447 e. The number of aliphatic hydroxyl groups is 1. The number of carbonyl (C=O) groups is 1. The number of aryl methyl sites for hydroxylation is 1. The van der Waals surface area contributed by atoms with E-state index in [0.717, 1.165) is 12.0 Å². The van der Waals surface area contributed by atoms with E-state index in [4.69, 9.17) is 19.1 Å². The highest BCUT2D eigenvalue weighted by Gasteiger charge is 2.58. The zero-order valence-corrected chi connectivity index (χ0v) is 24.0. The van der Waals surface area contributed by atoms with Gasteiger partial charge in [-0.1, -0.05) is 6.92 Å². The summed E-state index contributed by atoms with van der Waals surface area (Å²) in [5, 5.41) is 14.7. The van der Waals surface area contributed by atoms with E-state index >= 15 is 0 Å². The molecule has 218 valence electrons. The Morgan fingerprint density at radius 2 is 1.95 bits per heavy atom. The molecule has 1 saturated heterocycles. The predicted octanol–water partition coefficient (Wildman–Crippen LogP) is 2.89. The van der Waals surface area contributed by atoms with E-state index in [0.29, 0.717) is 55.6 Å². The van der Waals surface area contributed by atoms with Crippen molar-refractivity contribution in [3.63, 3.8) is 0 Å². The van der Waals surface area contributed by atoms with Crippen LogP contribution in [0.3, 0.4) is 0 Å². The fourth-order valence-electron chi connectivity index (χ4n) is 5.45. The summed E-state index contributed by atoms with van der Waals surface area (Å²) in [6, 6.07) is 8.75. The Morgan fingerprint density at radius 3 is 2.61 bits per heavy atom. The van der Waals surface area contributed by atoms with E-state index in [1.54, 1.807) is 19.1 Å². The number of hydrogen-bond donors (Lipinski definition) is 3. The lowest BCUT2D eigenvalue weighted by Crippen LogP contribution is -2.44. The third-order valence-corrected chi connectivity index (χ3v) is 10.5. The molecule has 3 unspecified atom stereocenters. The molecule has 0 radical (unpaired) electrons. The molecule has 3 fully saturated rings. The number of oxazole rings is 1. The number of sulfone groups is 1. The molecule has 3 heterocycles. The van der Waals surface area contributed by atoms with Crippen molar-refractivity contribution in [3.8, 4) is 11.4 Å². The molecule has 2 aromatic heterocycles. The predicted molar refractivity (Wildman–Crippen MR) is 150 cm³/mol. The number of urea groups is 1. The fraction of sp³-hybridized carbons (Fsp3) is 0.500. The molecule has 3 aliphatic rings. The number of nitrogens with zero attached hydrogens (tertiary/aromatic N) is 4. The Kier molecular flexibility index (Phi) is 6.99. The number of benzene rings is 1. The highest BCUT2D eigenvalue weighted by atomic mass is 32.2. The van der Waals surface area contributed by atoms with Gasteiger partial charge < -0.3 is 29.8 Å². The maximum absolute atomic E-state index is 13.4. The molecular formula is C28H34N6O6S. The van der Waals surface area contributed by atoms with Crippen molar-refractivity contribution in [1.29, 1.82) is 0 Å². The number of aromatic nitrogens is 3. The largest absolute Gasteiger partial charge is 0.447 e. The summed E-state index contributed by atoms with van der Waals surface area (Å²) in [6.07, 6.45) is 2.54. The van der Waals surface area contributed by atoms with Gasteiger partial charge in [0.1, 0.15) is 11.6 Å². The summed E-state index contributed by atoms with van der Waals surface area (Å²) >= 11 is 0. The highest BCUT2D eigenvalue weighted by Crippen LogP contribution is 2.53. The van der Waals surface area contributed by atoms with E-state index in [1.165, 1.54) is 0 Å². The minimum absolute atomic E-state index is 0.0217. The second-order valence-corrected chi connectivity index (χ2v) is 13.3. The lowest BCUT2D eigenvalue weighted by Gasteiger charge is -2.34. The molecule has 0 spiro atoms. The molecule has 3 aromatic rings. The Labute approximate surface area is 238 Å². The molecule has 12 nitrogen and oxygen atoms in total. The number of rotatable bonds is 8. The molecule has 13 heteroatoms. The number of morpholine rings is 1. The summed E-state index contributed by atoms with van der Waals surface area (Å²) in [5.41, 5.74) is 1.19. The van der Waals surface area contributed by atoms with Crippen molar-refractivity contribution < 1.29 is 27.5 Å². The second-order valence-electron chi connectivity index (χ2n) is 11.3. The Bertz CT molecular complexity index is 1550. The van der Waals surface area contributed by atoms with Crippen LogP contribution < -0.4 is 15.5 Å². The average Bonchev–Trinajstić information content (AvgIpc) is 3.81. The lowest BCUT2D eigenvalue weighted by molar-refractivity contribution is 0.0985. The maximum Gasteiger partial charge on any atom is 0.319 e. The van der Waals surface area contributed by atoms with Crippen LogP contribution in [0.25, 0.3) is 11.4 Å². The molecule has 2 aliphatic carbocycles. The first-order chi connectivity index (χ1) is 19.6. The lowest BCUT2D eigenvalue weighted by atomic mass is 10.1. The van der Waals surface area contributed by atoms with Gasteiger partial charge in [-0.3, -0.25) is 0 Å².